The van der Waals surface area contributed by atoms with Crippen molar-refractivity contribution in [1.82, 2.24) is 9.88 Å². The fourth-order valence-corrected chi connectivity index (χ4v) is 2.63. The summed E-state index contributed by atoms with van der Waals surface area (Å²) in [5, 5.41) is 0. The molecular weight excluding hydrogens is 335 g/mol. The number of nitrogens with zero attached hydrogens (tertiary/aromatic N) is 2. The summed E-state index contributed by atoms with van der Waals surface area (Å²) in [5.74, 6) is 0.327. The van der Waals surface area contributed by atoms with Crippen molar-refractivity contribution in [3.63, 3.8) is 0 Å². The number of methoxy groups -OCH3 is 1. The largest absolute Gasteiger partial charge is 0.500 e. The second-order valence-electron chi connectivity index (χ2n) is 7.22. The number of hydrogen-bond donors (Lipinski definition) is 0. The molecule has 1 aromatic heterocycles. The molecule has 0 bridgehead atoms. The minimum absolute atomic E-state index is 0.0510. The molecule has 0 atom stereocenters. The van der Waals surface area contributed by atoms with Crippen LogP contribution in [0.1, 0.15) is 52.0 Å². The van der Waals surface area contributed by atoms with Crippen molar-refractivity contribution in [2.45, 2.75) is 52.7 Å². The van der Waals surface area contributed by atoms with Crippen molar-refractivity contribution in [3.05, 3.63) is 18.0 Å². The molecule has 1 aliphatic heterocycles. The lowest BCUT2D eigenvalue weighted by atomic mass is 9.79. The van der Waals surface area contributed by atoms with Crippen molar-refractivity contribution < 1.29 is 23.6 Å². The van der Waals surface area contributed by atoms with Crippen molar-refractivity contribution >= 4 is 18.5 Å². The lowest BCUT2D eigenvalue weighted by molar-refractivity contribution is 0.00578. The lowest BCUT2D eigenvalue weighted by Gasteiger charge is -2.32. The fourth-order valence-electron chi connectivity index (χ4n) is 2.63. The molecule has 0 unspecified atom stereocenters. The third-order valence-corrected chi connectivity index (χ3v) is 5.00. The van der Waals surface area contributed by atoms with Gasteiger partial charge in [0.1, 0.15) is 11.4 Å². The van der Waals surface area contributed by atoms with Crippen molar-refractivity contribution in [3.8, 4) is 5.75 Å². The van der Waals surface area contributed by atoms with E-state index < -0.39 is 18.3 Å². The van der Waals surface area contributed by atoms with E-state index in [1.54, 1.807) is 17.2 Å². The van der Waals surface area contributed by atoms with Crippen molar-refractivity contribution in [2.24, 2.45) is 0 Å². The zero-order valence-electron chi connectivity index (χ0n) is 16.8. The van der Waals surface area contributed by atoms with Crippen LogP contribution in [0.5, 0.6) is 5.75 Å². The van der Waals surface area contributed by atoms with E-state index in [-0.39, 0.29) is 12.7 Å². The van der Waals surface area contributed by atoms with Gasteiger partial charge in [0, 0.05) is 37.9 Å². The van der Waals surface area contributed by atoms with Gasteiger partial charge in [-0.05, 0) is 41.5 Å². The normalized spacial score (nSPS) is 18.0. The zero-order valence-corrected chi connectivity index (χ0v) is 16.8. The maximum absolute atomic E-state index is 12.6. The Morgan fingerprint density at radius 2 is 1.77 bits per heavy atom. The van der Waals surface area contributed by atoms with Crippen LogP contribution in [0.25, 0.3) is 0 Å². The number of carbonyl (C=O) groups excluding carboxylic acids is 1. The van der Waals surface area contributed by atoms with E-state index in [2.05, 4.69) is 4.98 Å². The third-order valence-electron chi connectivity index (χ3n) is 5.00. The van der Waals surface area contributed by atoms with Gasteiger partial charge in [0.15, 0.2) is 6.79 Å². The average molecular weight is 364 g/mol. The number of carbonyl (C=O) groups is 1. The first kappa shape index (κ1) is 20.7. The van der Waals surface area contributed by atoms with E-state index in [0.29, 0.717) is 30.0 Å². The number of amides is 1. The van der Waals surface area contributed by atoms with Crippen LogP contribution in [0.15, 0.2) is 12.3 Å². The zero-order chi connectivity index (χ0) is 19.5. The van der Waals surface area contributed by atoms with E-state index >= 15 is 0 Å². The van der Waals surface area contributed by atoms with Gasteiger partial charge in [0.2, 0.25) is 0 Å². The Morgan fingerprint density at radius 3 is 2.27 bits per heavy atom. The first-order valence-electron chi connectivity index (χ1n) is 8.93. The standard InChI is InChI=1S/C18H29BN2O5/c1-8-21(9-2)16(22)14-10-15(24-12-23-7)13(11-20-14)19-25-17(3,4)18(5,6)26-19/h10-11H,8-9,12H2,1-7H3. The first-order chi connectivity index (χ1) is 12.2. The molecule has 1 saturated heterocycles. The Morgan fingerprint density at radius 1 is 1.19 bits per heavy atom. The van der Waals surface area contributed by atoms with Gasteiger partial charge >= 0.3 is 7.12 Å². The first-order valence-corrected chi connectivity index (χ1v) is 8.93. The van der Waals surface area contributed by atoms with E-state index in [9.17, 15) is 4.79 Å². The Balaban J connectivity index is 2.37. The molecule has 0 spiro atoms. The topological polar surface area (TPSA) is 70.1 Å². The van der Waals surface area contributed by atoms with Crippen molar-refractivity contribution in [1.29, 1.82) is 0 Å². The molecule has 1 fully saturated rings. The molecule has 0 aromatic carbocycles. The predicted octanol–water partition coefficient (Wildman–Crippen LogP) is 1.85. The van der Waals surface area contributed by atoms with Crippen LogP contribution in [0.2, 0.25) is 0 Å². The summed E-state index contributed by atoms with van der Waals surface area (Å²) < 4.78 is 22.9. The predicted molar refractivity (Wildman–Crippen MR) is 99.7 cm³/mol. The van der Waals surface area contributed by atoms with Crippen LogP contribution >= 0.6 is 0 Å². The van der Waals surface area contributed by atoms with Crippen LogP contribution in [-0.2, 0) is 14.0 Å². The average Bonchev–Trinajstić information content (AvgIpc) is 2.81. The van der Waals surface area contributed by atoms with Crippen molar-refractivity contribution in [2.75, 3.05) is 27.0 Å². The quantitative estimate of drug-likeness (QED) is 0.543. The molecule has 0 radical (unpaired) electrons. The highest BCUT2D eigenvalue weighted by molar-refractivity contribution is 6.63. The molecule has 8 heteroatoms. The molecule has 26 heavy (non-hydrogen) atoms. The summed E-state index contributed by atoms with van der Waals surface area (Å²) in [4.78, 5) is 18.6. The lowest BCUT2D eigenvalue weighted by Crippen LogP contribution is -2.41. The Kier molecular flexibility index (Phi) is 6.31. The van der Waals surface area contributed by atoms with E-state index in [1.807, 2.05) is 41.5 Å². The van der Waals surface area contributed by atoms with Crippen LogP contribution in [0.3, 0.4) is 0 Å². The number of hydrogen-bond acceptors (Lipinski definition) is 6. The van der Waals surface area contributed by atoms with Gasteiger partial charge in [0.25, 0.3) is 5.91 Å². The van der Waals surface area contributed by atoms with Gasteiger partial charge in [-0.2, -0.15) is 0 Å². The number of pyridine rings is 1. The maximum Gasteiger partial charge on any atom is 0.500 e. The molecule has 2 rings (SSSR count). The molecule has 2 heterocycles. The van der Waals surface area contributed by atoms with Crippen LogP contribution in [0.4, 0.5) is 0 Å². The SMILES string of the molecule is CCN(CC)C(=O)c1cc(OCOC)c(B2OC(C)(C)C(C)(C)O2)cn1. The van der Waals surface area contributed by atoms with E-state index in [0.717, 1.165) is 0 Å². The highest BCUT2D eigenvalue weighted by Gasteiger charge is 2.52. The molecule has 7 nitrogen and oxygen atoms in total. The van der Waals surface area contributed by atoms with Gasteiger partial charge in [-0.15, -0.1) is 0 Å². The summed E-state index contributed by atoms with van der Waals surface area (Å²) in [6.45, 7) is 13.1. The molecule has 0 aliphatic carbocycles. The Hall–Kier alpha value is -1.64. The van der Waals surface area contributed by atoms with Gasteiger partial charge in [-0.3, -0.25) is 9.78 Å². The maximum atomic E-state index is 12.6. The van der Waals surface area contributed by atoms with Gasteiger partial charge in [-0.1, -0.05) is 0 Å². The van der Waals surface area contributed by atoms with E-state index in [4.69, 9.17) is 18.8 Å². The van der Waals surface area contributed by atoms with E-state index in [1.165, 1.54) is 7.11 Å². The van der Waals surface area contributed by atoms with Crippen LogP contribution in [-0.4, -0.2) is 61.1 Å². The summed E-state index contributed by atoms with van der Waals surface area (Å²) >= 11 is 0. The second-order valence-corrected chi connectivity index (χ2v) is 7.22. The fraction of sp³-hybridized carbons (Fsp3) is 0.667. The molecule has 1 aliphatic rings. The minimum atomic E-state index is -0.628. The summed E-state index contributed by atoms with van der Waals surface area (Å²) in [6.07, 6.45) is 1.59. The Labute approximate surface area is 156 Å². The monoisotopic (exact) mass is 364 g/mol. The summed E-state index contributed by atoms with van der Waals surface area (Å²) in [5.41, 5.74) is -0.00507. The van der Waals surface area contributed by atoms with Crippen LogP contribution < -0.4 is 10.2 Å². The molecule has 0 N–H and O–H groups in total. The highest BCUT2D eigenvalue weighted by atomic mass is 16.7. The molecular formula is C18H29BN2O5. The third kappa shape index (κ3) is 4.02. The minimum Gasteiger partial charge on any atom is -0.468 e. The molecule has 0 saturated carbocycles. The van der Waals surface area contributed by atoms with Gasteiger partial charge in [-0.25, -0.2) is 0 Å². The van der Waals surface area contributed by atoms with Gasteiger partial charge in [0.05, 0.1) is 11.2 Å². The van der Waals surface area contributed by atoms with Crippen LogP contribution in [0, 0.1) is 0 Å². The number of aromatic nitrogens is 1. The molecule has 1 aromatic rings. The van der Waals surface area contributed by atoms with Gasteiger partial charge < -0.3 is 23.7 Å². The summed E-state index contributed by atoms with van der Waals surface area (Å²) in [7, 11) is 0.911. The summed E-state index contributed by atoms with van der Waals surface area (Å²) in [6, 6.07) is 1.63. The molecule has 144 valence electrons. The smallest absolute Gasteiger partial charge is 0.468 e. The molecule has 1 amide bonds. The number of ether oxygens (including phenoxy) is 2. The number of rotatable bonds is 7. The highest BCUT2D eigenvalue weighted by Crippen LogP contribution is 2.37. The second kappa shape index (κ2) is 7.94. The Bertz CT molecular complexity index is 630.